The zero-order valence-electron chi connectivity index (χ0n) is 5.54. The second kappa shape index (κ2) is 2.43. The number of aromatic amines is 1. The van der Waals surface area contributed by atoms with Crippen LogP contribution < -0.4 is 0 Å². The standard InChI is InChI=1S/C7H5ClN2O/c8-7-2-1-6(11-7)5-3-4-9-10-5/h1-4H,(H,9,10). The average Bonchev–Trinajstić information content (AvgIpc) is 2.55. The van der Waals surface area contributed by atoms with Crippen molar-refractivity contribution in [2.24, 2.45) is 0 Å². The number of hydrogen-bond donors (Lipinski definition) is 1. The van der Waals surface area contributed by atoms with Gasteiger partial charge in [-0.15, -0.1) is 0 Å². The van der Waals surface area contributed by atoms with Gasteiger partial charge in [-0.05, 0) is 29.8 Å². The Morgan fingerprint density at radius 3 is 2.82 bits per heavy atom. The molecule has 0 saturated carbocycles. The quantitative estimate of drug-likeness (QED) is 0.710. The summed E-state index contributed by atoms with van der Waals surface area (Å²) in [6, 6.07) is 5.29. The highest BCUT2D eigenvalue weighted by Crippen LogP contribution is 2.21. The fourth-order valence-electron chi connectivity index (χ4n) is 0.852. The molecule has 56 valence electrons. The number of halogens is 1. The largest absolute Gasteiger partial charge is 0.443 e. The van der Waals surface area contributed by atoms with E-state index in [1.807, 2.05) is 6.07 Å². The molecule has 0 atom stereocenters. The molecule has 1 N–H and O–H groups in total. The first-order chi connectivity index (χ1) is 5.36. The molecule has 0 fully saturated rings. The molecule has 0 unspecified atom stereocenters. The third kappa shape index (κ3) is 1.14. The van der Waals surface area contributed by atoms with Crippen LogP contribution in [0.15, 0.2) is 28.8 Å². The Balaban J connectivity index is 2.45. The molecule has 4 heteroatoms. The van der Waals surface area contributed by atoms with E-state index in [9.17, 15) is 0 Å². The molecule has 2 aromatic heterocycles. The summed E-state index contributed by atoms with van der Waals surface area (Å²) < 4.78 is 5.12. The van der Waals surface area contributed by atoms with Crippen molar-refractivity contribution in [2.45, 2.75) is 0 Å². The number of aromatic nitrogens is 2. The fourth-order valence-corrected chi connectivity index (χ4v) is 0.998. The predicted octanol–water partition coefficient (Wildman–Crippen LogP) is 2.32. The first-order valence-corrected chi connectivity index (χ1v) is 3.49. The van der Waals surface area contributed by atoms with Gasteiger partial charge in [-0.1, -0.05) is 0 Å². The van der Waals surface area contributed by atoms with Crippen molar-refractivity contribution in [1.82, 2.24) is 10.2 Å². The van der Waals surface area contributed by atoms with Gasteiger partial charge in [-0.25, -0.2) is 0 Å². The molecule has 0 bridgehead atoms. The number of rotatable bonds is 1. The van der Waals surface area contributed by atoms with E-state index < -0.39 is 0 Å². The van der Waals surface area contributed by atoms with Gasteiger partial charge in [0, 0.05) is 6.20 Å². The number of furan rings is 1. The summed E-state index contributed by atoms with van der Waals surface area (Å²) in [4.78, 5) is 0. The van der Waals surface area contributed by atoms with Crippen molar-refractivity contribution in [3.63, 3.8) is 0 Å². The molecular formula is C7H5ClN2O. The van der Waals surface area contributed by atoms with Crippen molar-refractivity contribution in [3.05, 3.63) is 29.6 Å². The Bertz CT molecular complexity index is 339. The summed E-state index contributed by atoms with van der Waals surface area (Å²) in [5.74, 6) is 0.701. The van der Waals surface area contributed by atoms with Gasteiger partial charge in [0.25, 0.3) is 0 Å². The van der Waals surface area contributed by atoms with Crippen LogP contribution in [0.4, 0.5) is 0 Å². The lowest BCUT2D eigenvalue weighted by Crippen LogP contribution is -1.71. The minimum Gasteiger partial charge on any atom is -0.443 e. The molecule has 11 heavy (non-hydrogen) atoms. The molecular weight excluding hydrogens is 164 g/mol. The molecule has 0 aliphatic rings. The fraction of sp³-hybridized carbons (Fsp3) is 0. The molecule has 3 nitrogen and oxygen atoms in total. The zero-order valence-corrected chi connectivity index (χ0v) is 6.30. The van der Waals surface area contributed by atoms with Gasteiger partial charge < -0.3 is 4.42 Å². The van der Waals surface area contributed by atoms with Crippen LogP contribution in [0.5, 0.6) is 0 Å². The van der Waals surface area contributed by atoms with Crippen molar-refractivity contribution in [3.8, 4) is 11.5 Å². The van der Waals surface area contributed by atoms with Crippen LogP contribution in [0.25, 0.3) is 11.5 Å². The zero-order chi connectivity index (χ0) is 7.68. The van der Waals surface area contributed by atoms with Gasteiger partial charge in [0.05, 0.1) is 0 Å². The summed E-state index contributed by atoms with van der Waals surface area (Å²) in [7, 11) is 0. The maximum absolute atomic E-state index is 5.58. The van der Waals surface area contributed by atoms with Crippen LogP contribution in [0.1, 0.15) is 0 Å². The Morgan fingerprint density at radius 1 is 1.36 bits per heavy atom. The first-order valence-electron chi connectivity index (χ1n) is 3.11. The van der Waals surface area contributed by atoms with E-state index in [-0.39, 0.29) is 0 Å². The van der Waals surface area contributed by atoms with Crippen LogP contribution >= 0.6 is 11.6 Å². The molecule has 2 heterocycles. The van der Waals surface area contributed by atoms with Crippen molar-refractivity contribution < 1.29 is 4.42 Å². The Kier molecular flexibility index (Phi) is 1.43. The molecule has 0 amide bonds. The predicted molar refractivity (Wildman–Crippen MR) is 41.3 cm³/mol. The Hall–Kier alpha value is -1.22. The summed E-state index contributed by atoms with van der Waals surface area (Å²) in [5, 5.41) is 6.93. The number of hydrogen-bond acceptors (Lipinski definition) is 2. The molecule has 0 radical (unpaired) electrons. The van der Waals surface area contributed by atoms with Crippen molar-refractivity contribution in [1.29, 1.82) is 0 Å². The van der Waals surface area contributed by atoms with E-state index in [4.69, 9.17) is 16.0 Å². The van der Waals surface area contributed by atoms with Gasteiger partial charge in [0.15, 0.2) is 11.0 Å². The van der Waals surface area contributed by atoms with Crippen LogP contribution in [0.2, 0.25) is 5.22 Å². The highest BCUT2D eigenvalue weighted by molar-refractivity contribution is 6.28. The molecule has 0 aliphatic heterocycles. The molecule has 0 aromatic carbocycles. The normalized spacial score (nSPS) is 10.3. The molecule has 2 rings (SSSR count). The van der Waals surface area contributed by atoms with E-state index in [0.717, 1.165) is 5.69 Å². The van der Waals surface area contributed by atoms with E-state index in [1.54, 1.807) is 18.3 Å². The maximum atomic E-state index is 5.58. The SMILES string of the molecule is Clc1ccc(-c2ccn[nH]2)o1. The summed E-state index contributed by atoms with van der Waals surface area (Å²) >= 11 is 5.58. The molecule has 0 saturated heterocycles. The smallest absolute Gasteiger partial charge is 0.194 e. The van der Waals surface area contributed by atoms with Crippen molar-refractivity contribution in [2.75, 3.05) is 0 Å². The lowest BCUT2D eigenvalue weighted by Gasteiger charge is -1.86. The summed E-state index contributed by atoms with van der Waals surface area (Å²) in [6.45, 7) is 0. The highest BCUT2D eigenvalue weighted by Gasteiger charge is 2.02. The monoisotopic (exact) mass is 168 g/mol. The third-order valence-electron chi connectivity index (χ3n) is 1.34. The second-order valence-electron chi connectivity index (χ2n) is 2.07. The topological polar surface area (TPSA) is 41.8 Å². The second-order valence-corrected chi connectivity index (χ2v) is 2.45. The van der Waals surface area contributed by atoms with Gasteiger partial charge in [-0.3, -0.25) is 5.10 Å². The van der Waals surface area contributed by atoms with Gasteiger partial charge >= 0.3 is 0 Å². The Labute approximate surface area is 68.0 Å². The average molecular weight is 169 g/mol. The van der Waals surface area contributed by atoms with E-state index in [1.165, 1.54) is 0 Å². The minimum atomic E-state index is 0.384. The van der Waals surface area contributed by atoms with Crippen LogP contribution in [-0.2, 0) is 0 Å². The lowest BCUT2D eigenvalue weighted by molar-refractivity contribution is 0.582. The van der Waals surface area contributed by atoms with E-state index in [2.05, 4.69) is 10.2 Å². The number of nitrogens with zero attached hydrogens (tertiary/aromatic N) is 1. The van der Waals surface area contributed by atoms with Gasteiger partial charge in [0.1, 0.15) is 5.69 Å². The van der Waals surface area contributed by atoms with Crippen LogP contribution in [-0.4, -0.2) is 10.2 Å². The highest BCUT2D eigenvalue weighted by atomic mass is 35.5. The Morgan fingerprint density at radius 2 is 2.27 bits per heavy atom. The lowest BCUT2D eigenvalue weighted by atomic mass is 10.3. The van der Waals surface area contributed by atoms with Gasteiger partial charge in [0.2, 0.25) is 0 Å². The number of nitrogens with one attached hydrogen (secondary N) is 1. The molecule has 0 aliphatic carbocycles. The van der Waals surface area contributed by atoms with Gasteiger partial charge in [-0.2, -0.15) is 5.10 Å². The summed E-state index contributed by atoms with van der Waals surface area (Å²) in [6.07, 6.45) is 1.66. The maximum Gasteiger partial charge on any atom is 0.194 e. The van der Waals surface area contributed by atoms with E-state index >= 15 is 0 Å². The van der Waals surface area contributed by atoms with Crippen molar-refractivity contribution >= 4 is 11.6 Å². The first kappa shape index (κ1) is 6.49. The van der Waals surface area contributed by atoms with Crippen LogP contribution in [0, 0.1) is 0 Å². The minimum absolute atomic E-state index is 0.384. The van der Waals surface area contributed by atoms with Crippen LogP contribution in [0.3, 0.4) is 0 Å². The molecule has 0 spiro atoms. The third-order valence-corrected chi connectivity index (χ3v) is 1.54. The van der Waals surface area contributed by atoms with E-state index in [0.29, 0.717) is 11.0 Å². The molecule has 2 aromatic rings. The number of H-pyrrole nitrogens is 1. The summed E-state index contributed by atoms with van der Waals surface area (Å²) in [5.41, 5.74) is 0.830.